The number of hydrogen-bond donors (Lipinski definition) is 3. The van der Waals surface area contributed by atoms with Crippen LogP contribution >= 0.6 is 0 Å². The Labute approximate surface area is 197 Å². The third kappa shape index (κ3) is 5.03. The average Bonchev–Trinajstić information content (AvgIpc) is 3.13. The first kappa shape index (κ1) is 23.3. The molecule has 2 atom stereocenters. The van der Waals surface area contributed by atoms with Crippen LogP contribution in [-0.2, 0) is 19.1 Å². The number of benzene rings is 2. The van der Waals surface area contributed by atoms with Crippen molar-refractivity contribution >= 4 is 23.9 Å². The summed E-state index contributed by atoms with van der Waals surface area (Å²) < 4.78 is 5.45. The second kappa shape index (κ2) is 9.94. The smallest absolute Gasteiger partial charge is 0.407 e. The summed E-state index contributed by atoms with van der Waals surface area (Å²) >= 11 is 0. The van der Waals surface area contributed by atoms with E-state index in [4.69, 9.17) is 4.74 Å². The standard InChI is InChI=1S/C25H27N3O6/c1-28-13-15(10-11-22(28)29)26-24(32)21(12-23(30)31)27-25(33)34-14-20-18-8-4-2-6-16(18)17-7-3-5-9-19(17)20/h2-9,15,20-21H,10-14H2,1H3,(H,26,32)(H,27,33)(H,30,31). The van der Waals surface area contributed by atoms with Gasteiger partial charge in [-0.05, 0) is 28.7 Å². The van der Waals surface area contributed by atoms with E-state index in [1.165, 1.54) is 4.90 Å². The predicted octanol–water partition coefficient (Wildman–Crippen LogP) is 2.11. The summed E-state index contributed by atoms with van der Waals surface area (Å²) in [6.45, 7) is 0.381. The maximum absolute atomic E-state index is 12.7. The minimum Gasteiger partial charge on any atom is -0.481 e. The normalized spacial score (nSPS) is 18.0. The molecule has 0 radical (unpaired) electrons. The lowest BCUT2D eigenvalue weighted by Gasteiger charge is -2.31. The van der Waals surface area contributed by atoms with Gasteiger partial charge in [0.2, 0.25) is 11.8 Å². The number of amides is 3. The molecule has 2 aliphatic rings. The van der Waals surface area contributed by atoms with Crippen molar-refractivity contribution in [3.05, 3.63) is 59.7 Å². The number of hydrogen-bond acceptors (Lipinski definition) is 5. The summed E-state index contributed by atoms with van der Waals surface area (Å²) in [4.78, 5) is 49.7. The number of likely N-dealkylation sites (N-methyl/N-ethyl adjacent to an activating group) is 1. The maximum atomic E-state index is 12.7. The number of rotatable bonds is 7. The van der Waals surface area contributed by atoms with Crippen LogP contribution in [0.3, 0.4) is 0 Å². The Balaban J connectivity index is 1.38. The van der Waals surface area contributed by atoms with Crippen LogP contribution in [0.1, 0.15) is 36.3 Å². The fourth-order valence-corrected chi connectivity index (χ4v) is 4.60. The molecule has 0 saturated carbocycles. The van der Waals surface area contributed by atoms with E-state index in [1.54, 1.807) is 7.05 Å². The van der Waals surface area contributed by atoms with Crippen molar-refractivity contribution < 1.29 is 29.0 Å². The highest BCUT2D eigenvalue weighted by molar-refractivity contribution is 5.89. The number of nitrogens with zero attached hydrogens (tertiary/aromatic N) is 1. The molecule has 2 aromatic rings. The van der Waals surface area contributed by atoms with E-state index in [2.05, 4.69) is 10.6 Å². The van der Waals surface area contributed by atoms with Crippen molar-refractivity contribution in [2.24, 2.45) is 0 Å². The molecule has 9 heteroatoms. The molecular formula is C25H27N3O6. The fraction of sp³-hybridized carbons (Fsp3) is 0.360. The van der Waals surface area contributed by atoms with Gasteiger partial charge in [0.1, 0.15) is 12.6 Å². The third-order valence-electron chi connectivity index (χ3n) is 6.30. The zero-order chi connectivity index (χ0) is 24.2. The van der Waals surface area contributed by atoms with Crippen LogP contribution in [0.5, 0.6) is 0 Å². The number of piperidine rings is 1. The Bertz CT molecular complexity index is 1070. The van der Waals surface area contributed by atoms with Crippen molar-refractivity contribution in [1.82, 2.24) is 15.5 Å². The topological polar surface area (TPSA) is 125 Å². The van der Waals surface area contributed by atoms with E-state index >= 15 is 0 Å². The number of carbonyl (C=O) groups excluding carboxylic acids is 3. The number of fused-ring (bicyclic) bond motifs is 3. The van der Waals surface area contributed by atoms with Crippen molar-refractivity contribution in [2.75, 3.05) is 20.2 Å². The van der Waals surface area contributed by atoms with E-state index in [1.807, 2.05) is 48.5 Å². The maximum Gasteiger partial charge on any atom is 0.407 e. The van der Waals surface area contributed by atoms with Gasteiger partial charge in [-0.2, -0.15) is 0 Å². The van der Waals surface area contributed by atoms with E-state index in [-0.39, 0.29) is 24.5 Å². The molecular weight excluding hydrogens is 438 g/mol. The molecule has 1 aliphatic heterocycles. The Kier molecular flexibility index (Phi) is 6.81. The Morgan fingerprint density at radius 1 is 1.09 bits per heavy atom. The van der Waals surface area contributed by atoms with Crippen LogP contribution in [0.25, 0.3) is 11.1 Å². The summed E-state index contributed by atoms with van der Waals surface area (Å²) in [5.41, 5.74) is 4.27. The van der Waals surface area contributed by atoms with Gasteiger partial charge in [0.15, 0.2) is 0 Å². The number of likely N-dealkylation sites (tertiary alicyclic amines) is 1. The van der Waals surface area contributed by atoms with Crippen LogP contribution in [0.15, 0.2) is 48.5 Å². The number of nitrogens with one attached hydrogen (secondary N) is 2. The summed E-state index contributed by atoms with van der Waals surface area (Å²) in [5, 5.41) is 14.4. The molecule has 3 N–H and O–H groups in total. The number of aliphatic carboxylic acids is 1. The molecule has 1 heterocycles. The zero-order valence-corrected chi connectivity index (χ0v) is 18.8. The van der Waals surface area contributed by atoms with E-state index in [0.29, 0.717) is 19.4 Å². The molecule has 0 bridgehead atoms. The molecule has 2 aromatic carbocycles. The molecule has 1 aliphatic carbocycles. The van der Waals surface area contributed by atoms with E-state index in [9.17, 15) is 24.3 Å². The molecule has 34 heavy (non-hydrogen) atoms. The van der Waals surface area contributed by atoms with Crippen LogP contribution in [0.2, 0.25) is 0 Å². The van der Waals surface area contributed by atoms with Gasteiger partial charge in [-0.1, -0.05) is 48.5 Å². The molecule has 0 spiro atoms. The highest BCUT2D eigenvalue weighted by Gasteiger charge is 2.31. The van der Waals surface area contributed by atoms with Gasteiger partial charge in [-0.25, -0.2) is 4.79 Å². The first-order valence-electron chi connectivity index (χ1n) is 11.2. The van der Waals surface area contributed by atoms with Gasteiger partial charge >= 0.3 is 12.1 Å². The lowest BCUT2D eigenvalue weighted by Crippen LogP contribution is -2.54. The quantitative estimate of drug-likeness (QED) is 0.575. The summed E-state index contributed by atoms with van der Waals surface area (Å²) in [5.74, 6) is -2.01. The SMILES string of the molecule is CN1CC(NC(=O)C(CC(=O)O)NC(=O)OCC2c3ccccc3-c3ccccc32)CCC1=O. The minimum atomic E-state index is -1.30. The lowest BCUT2D eigenvalue weighted by molar-refractivity contribution is -0.140. The second-order valence-electron chi connectivity index (χ2n) is 8.64. The van der Waals surface area contributed by atoms with Crippen LogP contribution in [-0.4, -0.2) is 66.2 Å². The summed E-state index contributed by atoms with van der Waals surface area (Å²) in [7, 11) is 1.64. The molecule has 1 fully saturated rings. The molecule has 2 unspecified atom stereocenters. The van der Waals surface area contributed by atoms with Crippen molar-refractivity contribution in [1.29, 1.82) is 0 Å². The predicted molar refractivity (Wildman–Crippen MR) is 123 cm³/mol. The monoisotopic (exact) mass is 465 g/mol. The van der Waals surface area contributed by atoms with Crippen molar-refractivity contribution in [2.45, 2.75) is 37.3 Å². The molecule has 178 valence electrons. The van der Waals surface area contributed by atoms with Crippen molar-refractivity contribution in [3.8, 4) is 11.1 Å². The first-order valence-corrected chi connectivity index (χ1v) is 11.2. The summed E-state index contributed by atoms with van der Waals surface area (Å²) in [6.07, 6.45) is -0.693. The Morgan fingerprint density at radius 2 is 1.71 bits per heavy atom. The van der Waals surface area contributed by atoms with Gasteiger partial charge in [0.25, 0.3) is 0 Å². The third-order valence-corrected chi connectivity index (χ3v) is 6.30. The van der Waals surface area contributed by atoms with Gasteiger partial charge < -0.3 is 25.4 Å². The summed E-state index contributed by atoms with van der Waals surface area (Å²) in [6, 6.07) is 14.2. The molecule has 4 rings (SSSR count). The molecule has 0 aromatic heterocycles. The molecule has 9 nitrogen and oxygen atoms in total. The molecule has 1 saturated heterocycles. The minimum absolute atomic E-state index is 0.00986. The highest BCUT2D eigenvalue weighted by atomic mass is 16.5. The molecule has 3 amide bonds. The van der Waals surface area contributed by atoms with E-state index < -0.39 is 30.4 Å². The van der Waals surface area contributed by atoms with Crippen LogP contribution in [0.4, 0.5) is 4.79 Å². The van der Waals surface area contributed by atoms with Crippen LogP contribution in [0, 0.1) is 0 Å². The largest absolute Gasteiger partial charge is 0.481 e. The number of ether oxygens (including phenoxy) is 1. The fourth-order valence-electron chi connectivity index (χ4n) is 4.60. The number of carboxylic acids is 1. The van der Waals surface area contributed by atoms with Gasteiger partial charge in [-0.15, -0.1) is 0 Å². The highest BCUT2D eigenvalue weighted by Crippen LogP contribution is 2.44. The lowest BCUT2D eigenvalue weighted by atomic mass is 9.98. The van der Waals surface area contributed by atoms with Crippen LogP contribution < -0.4 is 10.6 Å². The van der Waals surface area contributed by atoms with Gasteiger partial charge in [0, 0.05) is 32.0 Å². The number of carboxylic acid groups (broad SMARTS) is 1. The van der Waals surface area contributed by atoms with Gasteiger partial charge in [0.05, 0.1) is 6.42 Å². The Hall–Kier alpha value is -3.88. The number of alkyl carbamates (subject to hydrolysis) is 1. The first-order chi connectivity index (χ1) is 16.3. The van der Waals surface area contributed by atoms with E-state index in [0.717, 1.165) is 22.3 Å². The number of carbonyl (C=O) groups is 4. The Morgan fingerprint density at radius 3 is 2.29 bits per heavy atom. The average molecular weight is 466 g/mol. The van der Waals surface area contributed by atoms with Gasteiger partial charge in [-0.3, -0.25) is 14.4 Å². The second-order valence-corrected chi connectivity index (χ2v) is 8.64. The zero-order valence-electron chi connectivity index (χ0n) is 18.8. The van der Waals surface area contributed by atoms with Crippen molar-refractivity contribution in [3.63, 3.8) is 0 Å².